The predicted molar refractivity (Wildman–Crippen MR) is 119 cm³/mol. The van der Waals surface area contributed by atoms with Gasteiger partial charge in [-0.05, 0) is 37.3 Å². The Morgan fingerprint density at radius 3 is 2.93 bits per heavy atom. The molecule has 4 aromatic rings. The predicted octanol–water partition coefficient (Wildman–Crippen LogP) is 5.27. The molecule has 0 fully saturated rings. The summed E-state index contributed by atoms with van der Waals surface area (Å²) in [7, 11) is 1.68. The molecule has 0 aliphatic heterocycles. The van der Waals surface area contributed by atoms with Crippen molar-refractivity contribution in [3.05, 3.63) is 68.9 Å². The van der Waals surface area contributed by atoms with E-state index in [9.17, 15) is 0 Å². The van der Waals surface area contributed by atoms with Gasteiger partial charge in [0, 0.05) is 44.6 Å². The third-order valence-corrected chi connectivity index (χ3v) is 5.70. The lowest BCUT2D eigenvalue weighted by atomic mass is 10.1. The van der Waals surface area contributed by atoms with Crippen LogP contribution in [0.1, 0.15) is 12.5 Å². The van der Waals surface area contributed by atoms with E-state index in [4.69, 9.17) is 9.84 Å². The molecule has 2 aromatic carbocycles. The summed E-state index contributed by atoms with van der Waals surface area (Å²) in [4.78, 5) is 8.73. The molecule has 0 atom stereocenters. The zero-order valence-electron chi connectivity index (χ0n) is 15.5. The lowest BCUT2D eigenvalue weighted by molar-refractivity contribution is 0.416. The summed E-state index contributed by atoms with van der Waals surface area (Å²) < 4.78 is 8.46. The van der Waals surface area contributed by atoms with E-state index in [1.807, 2.05) is 60.4 Å². The highest BCUT2D eigenvalue weighted by Gasteiger charge is 2.12. The number of nitrogens with one attached hydrogen (secondary N) is 1. The Kier molecular flexibility index (Phi) is 5.45. The third-order valence-electron chi connectivity index (χ3n) is 4.35. The number of aromatic nitrogens is 2. The first-order valence-electron chi connectivity index (χ1n) is 8.86. The van der Waals surface area contributed by atoms with Gasteiger partial charge >= 0.3 is 0 Å². The van der Waals surface area contributed by atoms with Crippen molar-refractivity contribution in [2.24, 2.45) is 10.1 Å². The lowest BCUT2D eigenvalue weighted by Crippen LogP contribution is -2.12. The molecule has 0 bridgehead atoms. The van der Waals surface area contributed by atoms with Crippen LogP contribution in [0.4, 0.5) is 0 Å². The fourth-order valence-corrected chi connectivity index (χ4v) is 4.29. The van der Waals surface area contributed by atoms with Crippen LogP contribution >= 0.6 is 27.3 Å². The number of para-hydroxylation sites is 1. The highest BCUT2D eigenvalue weighted by atomic mass is 79.9. The van der Waals surface area contributed by atoms with Gasteiger partial charge in [0.05, 0.1) is 19.0 Å². The van der Waals surface area contributed by atoms with Crippen molar-refractivity contribution in [1.82, 2.24) is 9.66 Å². The molecular formula is C21H19BrN4OS. The van der Waals surface area contributed by atoms with Crippen LogP contribution in [0.2, 0.25) is 0 Å². The maximum Gasteiger partial charge on any atom is 0.206 e. The lowest BCUT2D eigenvalue weighted by Gasteiger charge is -2.08. The molecule has 0 saturated carbocycles. The number of H-pyrrole nitrogens is 1. The Balaban J connectivity index is 1.84. The number of fused-ring (bicyclic) bond motifs is 1. The summed E-state index contributed by atoms with van der Waals surface area (Å²) in [5.74, 6) is 0.809. The van der Waals surface area contributed by atoms with Crippen LogP contribution in [0.25, 0.3) is 22.2 Å². The van der Waals surface area contributed by atoms with Gasteiger partial charge in [-0.2, -0.15) is 5.10 Å². The van der Waals surface area contributed by atoms with Gasteiger partial charge in [0.15, 0.2) is 0 Å². The van der Waals surface area contributed by atoms with Crippen LogP contribution in [0.3, 0.4) is 0 Å². The van der Waals surface area contributed by atoms with Crippen LogP contribution in [0.15, 0.2) is 68.6 Å². The summed E-state index contributed by atoms with van der Waals surface area (Å²) in [6, 6.07) is 14.1. The molecule has 28 heavy (non-hydrogen) atoms. The molecule has 2 heterocycles. The van der Waals surface area contributed by atoms with Gasteiger partial charge in [0.2, 0.25) is 4.80 Å². The molecule has 1 N–H and O–H groups in total. The molecule has 0 unspecified atom stereocenters. The first-order valence-corrected chi connectivity index (χ1v) is 10.5. The van der Waals surface area contributed by atoms with E-state index in [2.05, 4.69) is 37.4 Å². The minimum Gasteiger partial charge on any atom is -0.496 e. The molecule has 0 amide bonds. The molecule has 4 rings (SSSR count). The number of benzene rings is 2. The fraction of sp³-hybridized carbons (Fsp3) is 0.143. The van der Waals surface area contributed by atoms with E-state index in [1.165, 1.54) is 0 Å². The number of nitrogens with zero attached hydrogens (tertiary/aromatic N) is 3. The number of methoxy groups -OCH3 is 1. The Morgan fingerprint density at radius 2 is 2.11 bits per heavy atom. The molecule has 0 spiro atoms. The summed E-state index contributed by atoms with van der Waals surface area (Å²) in [5.41, 5.74) is 4.02. The summed E-state index contributed by atoms with van der Waals surface area (Å²) in [6.45, 7) is 2.72. The largest absolute Gasteiger partial charge is 0.496 e. The zero-order valence-corrected chi connectivity index (χ0v) is 17.9. The highest BCUT2D eigenvalue weighted by Crippen LogP contribution is 2.30. The van der Waals surface area contributed by atoms with E-state index in [0.29, 0.717) is 6.54 Å². The van der Waals surface area contributed by atoms with Crippen LogP contribution in [-0.4, -0.2) is 29.5 Å². The maximum absolute atomic E-state index is 5.54. The summed E-state index contributed by atoms with van der Waals surface area (Å²) in [5, 5.41) is 7.95. The average Bonchev–Trinajstić information content (AvgIpc) is 3.30. The first kappa shape index (κ1) is 18.7. The monoisotopic (exact) mass is 454 g/mol. The maximum atomic E-state index is 5.54. The number of hydrogen-bond acceptors (Lipinski definition) is 4. The van der Waals surface area contributed by atoms with E-state index in [0.717, 1.165) is 42.7 Å². The van der Waals surface area contributed by atoms with Crippen molar-refractivity contribution in [3.63, 3.8) is 0 Å². The van der Waals surface area contributed by atoms with E-state index in [1.54, 1.807) is 18.4 Å². The number of aromatic amines is 1. The van der Waals surface area contributed by atoms with E-state index < -0.39 is 0 Å². The Bertz CT molecular complexity index is 1220. The molecule has 7 heteroatoms. The van der Waals surface area contributed by atoms with Crippen molar-refractivity contribution in [3.8, 4) is 17.0 Å². The van der Waals surface area contributed by atoms with Gasteiger partial charge in [-0.15, -0.1) is 11.3 Å². The third kappa shape index (κ3) is 3.55. The van der Waals surface area contributed by atoms with Crippen LogP contribution in [0, 0.1) is 0 Å². The SMILES string of the molecule is CCN=c1scc(-c2ccccc2OC)n1N=Cc1c[nH]c2ccc(Br)cc12. The zero-order chi connectivity index (χ0) is 19.5. The first-order chi connectivity index (χ1) is 13.7. The van der Waals surface area contributed by atoms with Gasteiger partial charge in [-0.25, -0.2) is 4.68 Å². The van der Waals surface area contributed by atoms with Crippen LogP contribution in [-0.2, 0) is 0 Å². The Morgan fingerprint density at radius 1 is 1.25 bits per heavy atom. The molecule has 5 nitrogen and oxygen atoms in total. The number of thiazole rings is 1. The molecular weight excluding hydrogens is 436 g/mol. The van der Waals surface area contributed by atoms with Crippen molar-refractivity contribution < 1.29 is 4.74 Å². The second-order valence-electron chi connectivity index (χ2n) is 6.07. The van der Waals surface area contributed by atoms with E-state index >= 15 is 0 Å². The quantitative estimate of drug-likeness (QED) is 0.410. The van der Waals surface area contributed by atoms with Gasteiger partial charge in [0.25, 0.3) is 0 Å². The van der Waals surface area contributed by atoms with Gasteiger partial charge < -0.3 is 9.72 Å². The Hall–Kier alpha value is -2.64. The van der Waals surface area contributed by atoms with Gasteiger partial charge in [-0.1, -0.05) is 28.1 Å². The van der Waals surface area contributed by atoms with Crippen molar-refractivity contribution in [1.29, 1.82) is 0 Å². The second-order valence-corrected chi connectivity index (χ2v) is 7.82. The van der Waals surface area contributed by atoms with Crippen molar-refractivity contribution in [2.45, 2.75) is 6.92 Å². The molecule has 0 aliphatic rings. The highest BCUT2D eigenvalue weighted by molar-refractivity contribution is 9.10. The molecule has 142 valence electrons. The number of halogens is 1. The van der Waals surface area contributed by atoms with Crippen molar-refractivity contribution >= 4 is 44.4 Å². The minimum absolute atomic E-state index is 0.696. The average molecular weight is 455 g/mol. The number of rotatable bonds is 5. The minimum atomic E-state index is 0.696. The number of ether oxygens (including phenoxy) is 1. The van der Waals surface area contributed by atoms with E-state index in [-0.39, 0.29) is 0 Å². The molecule has 2 aromatic heterocycles. The van der Waals surface area contributed by atoms with Crippen LogP contribution in [0.5, 0.6) is 5.75 Å². The van der Waals surface area contributed by atoms with Gasteiger partial charge in [-0.3, -0.25) is 4.99 Å². The molecule has 0 saturated heterocycles. The fourth-order valence-electron chi connectivity index (χ4n) is 3.04. The van der Waals surface area contributed by atoms with Crippen molar-refractivity contribution in [2.75, 3.05) is 13.7 Å². The molecule has 0 aliphatic carbocycles. The topological polar surface area (TPSA) is 54.7 Å². The standard InChI is InChI=1S/C21H19BrN4OS/c1-3-23-21-26(19(13-28-21)16-6-4-5-7-20(16)27-2)25-12-14-11-24-18-9-8-15(22)10-17(14)18/h4-13,24H,3H2,1-2H3. The smallest absolute Gasteiger partial charge is 0.206 e. The summed E-state index contributed by atoms with van der Waals surface area (Å²) in [6.07, 6.45) is 3.83. The number of hydrogen-bond donors (Lipinski definition) is 1. The normalized spacial score (nSPS) is 12.3. The molecule has 0 radical (unpaired) electrons. The van der Waals surface area contributed by atoms with Gasteiger partial charge in [0.1, 0.15) is 5.75 Å². The second kappa shape index (κ2) is 8.16. The summed E-state index contributed by atoms with van der Waals surface area (Å²) >= 11 is 5.11. The Labute approximate surface area is 175 Å². The van der Waals surface area contributed by atoms with Crippen LogP contribution < -0.4 is 9.54 Å².